The fraction of sp³-hybridized carbons (Fsp3) is 0.867. The van der Waals surface area contributed by atoms with Crippen molar-refractivity contribution in [1.29, 1.82) is 0 Å². The van der Waals surface area contributed by atoms with Crippen molar-refractivity contribution >= 4 is 11.8 Å². The maximum atomic E-state index is 12.6. The van der Waals surface area contributed by atoms with E-state index in [-0.39, 0.29) is 11.8 Å². The molecule has 0 saturated carbocycles. The van der Waals surface area contributed by atoms with Crippen molar-refractivity contribution in [2.45, 2.75) is 45.3 Å². The molecule has 120 valence electrons. The Morgan fingerprint density at radius 1 is 1.24 bits per heavy atom. The van der Waals surface area contributed by atoms with E-state index in [1.165, 1.54) is 0 Å². The van der Waals surface area contributed by atoms with Crippen molar-refractivity contribution in [3.8, 4) is 0 Å². The third-order valence-electron chi connectivity index (χ3n) is 3.87. The van der Waals surface area contributed by atoms with Gasteiger partial charge >= 0.3 is 0 Å². The molecular formula is C15H26N2O4. The number of hydrogen-bond acceptors (Lipinski definition) is 4. The summed E-state index contributed by atoms with van der Waals surface area (Å²) in [6.07, 6.45) is 1.91. The van der Waals surface area contributed by atoms with Gasteiger partial charge in [0.15, 0.2) is 0 Å². The maximum Gasteiger partial charge on any atom is 0.249 e. The fourth-order valence-electron chi connectivity index (χ4n) is 2.75. The van der Waals surface area contributed by atoms with Gasteiger partial charge in [0.25, 0.3) is 0 Å². The molecule has 2 atom stereocenters. The van der Waals surface area contributed by atoms with Crippen LogP contribution in [0.1, 0.15) is 33.1 Å². The average molecular weight is 298 g/mol. The molecule has 0 aromatic carbocycles. The summed E-state index contributed by atoms with van der Waals surface area (Å²) in [5.41, 5.74) is 0. The molecular weight excluding hydrogens is 272 g/mol. The third-order valence-corrected chi connectivity index (χ3v) is 3.87. The smallest absolute Gasteiger partial charge is 0.249 e. The lowest BCUT2D eigenvalue weighted by Crippen LogP contribution is -2.53. The minimum Gasteiger partial charge on any atom is -0.378 e. The normalized spacial score (nSPS) is 24.1. The molecule has 2 amide bonds. The fourth-order valence-corrected chi connectivity index (χ4v) is 2.75. The summed E-state index contributed by atoms with van der Waals surface area (Å²) < 4.78 is 10.7. The minimum atomic E-state index is -0.459. The number of carbonyl (C=O) groups is 2. The van der Waals surface area contributed by atoms with E-state index in [1.54, 1.807) is 4.90 Å². The van der Waals surface area contributed by atoms with Crippen LogP contribution in [0.15, 0.2) is 0 Å². The molecule has 2 heterocycles. The Balaban J connectivity index is 1.95. The van der Waals surface area contributed by atoms with Crippen molar-refractivity contribution in [3.05, 3.63) is 0 Å². The molecule has 0 radical (unpaired) electrons. The SMILES string of the molecule is CC(C)C[C@H](NC(=O)C1CCCO1)C(=O)N1CCOCC1. The number of rotatable bonds is 5. The van der Waals surface area contributed by atoms with Gasteiger partial charge in [-0.2, -0.15) is 0 Å². The summed E-state index contributed by atoms with van der Waals surface area (Å²) in [6.45, 7) is 7.08. The number of morpholine rings is 1. The second kappa shape index (κ2) is 7.75. The Bertz CT molecular complexity index is 361. The number of amides is 2. The third kappa shape index (κ3) is 4.68. The van der Waals surface area contributed by atoms with E-state index in [9.17, 15) is 9.59 Å². The molecule has 2 aliphatic heterocycles. The van der Waals surface area contributed by atoms with Crippen LogP contribution in [0.2, 0.25) is 0 Å². The van der Waals surface area contributed by atoms with Crippen LogP contribution in [0.5, 0.6) is 0 Å². The quantitative estimate of drug-likeness (QED) is 0.805. The molecule has 0 aliphatic carbocycles. The molecule has 0 bridgehead atoms. The van der Waals surface area contributed by atoms with Gasteiger partial charge in [0.05, 0.1) is 13.2 Å². The van der Waals surface area contributed by atoms with Crippen molar-refractivity contribution in [2.75, 3.05) is 32.9 Å². The first kappa shape index (κ1) is 16.2. The first-order valence-corrected chi connectivity index (χ1v) is 7.86. The summed E-state index contributed by atoms with van der Waals surface area (Å²) in [5, 5.41) is 2.89. The predicted molar refractivity (Wildman–Crippen MR) is 77.8 cm³/mol. The molecule has 0 aromatic heterocycles. The molecule has 1 unspecified atom stereocenters. The van der Waals surface area contributed by atoms with Gasteiger partial charge < -0.3 is 19.7 Å². The minimum absolute atomic E-state index is 0.00153. The summed E-state index contributed by atoms with van der Waals surface area (Å²) >= 11 is 0. The number of nitrogens with zero attached hydrogens (tertiary/aromatic N) is 1. The van der Waals surface area contributed by atoms with Crippen LogP contribution in [0, 0.1) is 5.92 Å². The van der Waals surface area contributed by atoms with Gasteiger partial charge in [-0.05, 0) is 25.2 Å². The number of carbonyl (C=O) groups excluding carboxylic acids is 2. The maximum absolute atomic E-state index is 12.6. The first-order chi connectivity index (χ1) is 10.1. The predicted octanol–water partition coefficient (Wildman–Crippen LogP) is 0.555. The Morgan fingerprint density at radius 3 is 2.52 bits per heavy atom. The van der Waals surface area contributed by atoms with Gasteiger partial charge in [0.1, 0.15) is 12.1 Å². The van der Waals surface area contributed by atoms with Crippen LogP contribution >= 0.6 is 0 Å². The Kier molecular flexibility index (Phi) is 5.99. The largest absolute Gasteiger partial charge is 0.378 e. The summed E-state index contributed by atoms with van der Waals surface area (Å²) in [6, 6.07) is -0.459. The second-order valence-corrected chi connectivity index (χ2v) is 6.13. The summed E-state index contributed by atoms with van der Waals surface area (Å²) in [7, 11) is 0. The molecule has 0 spiro atoms. The molecule has 6 heteroatoms. The van der Waals surface area contributed by atoms with E-state index < -0.39 is 12.1 Å². The topological polar surface area (TPSA) is 67.9 Å². The lowest BCUT2D eigenvalue weighted by molar-refractivity contribution is -0.142. The zero-order valence-electron chi connectivity index (χ0n) is 13.0. The van der Waals surface area contributed by atoms with Gasteiger partial charge in [-0.15, -0.1) is 0 Å². The highest BCUT2D eigenvalue weighted by Gasteiger charge is 2.31. The van der Waals surface area contributed by atoms with Crippen molar-refractivity contribution in [1.82, 2.24) is 10.2 Å². The van der Waals surface area contributed by atoms with Crippen LogP contribution in [0.25, 0.3) is 0 Å². The van der Waals surface area contributed by atoms with Gasteiger partial charge in [-0.25, -0.2) is 0 Å². The van der Waals surface area contributed by atoms with E-state index >= 15 is 0 Å². The van der Waals surface area contributed by atoms with Crippen LogP contribution < -0.4 is 5.32 Å². The Labute approximate surface area is 126 Å². The van der Waals surface area contributed by atoms with Crippen molar-refractivity contribution in [3.63, 3.8) is 0 Å². The van der Waals surface area contributed by atoms with E-state index in [1.807, 2.05) is 0 Å². The van der Waals surface area contributed by atoms with Gasteiger partial charge in [-0.1, -0.05) is 13.8 Å². The van der Waals surface area contributed by atoms with E-state index in [0.29, 0.717) is 45.2 Å². The number of ether oxygens (including phenoxy) is 2. The van der Waals surface area contributed by atoms with E-state index in [2.05, 4.69) is 19.2 Å². The highest BCUT2D eigenvalue weighted by atomic mass is 16.5. The second-order valence-electron chi connectivity index (χ2n) is 6.13. The van der Waals surface area contributed by atoms with Crippen LogP contribution in [-0.4, -0.2) is 61.8 Å². The molecule has 6 nitrogen and oxygen atoms in total. The molecule has 21 heavy (non-hydrogen) atoms. The van der Waals surface area contributed by atoms with Crippen LogP contribution in [0.4, 0.5) is 0 Å². The Morgan fingerprint density at radius 2 is 1.95 bits per heavy atom. The molecule has 2 saturated heterocycles. The van der Waals surface area contributed by atoms with Crippen molar-refractivity contribution < 1.29 is 19.1 Å². The van der Waals surface area contributed by atoms with E-state index in [0.717, 1.165) is 12.8 Å². The average Bonchev–Trinajstić information content (AvgIpc) is 3.00. The van der Waals surface area contributed by atoms with Gasteiger partial charge in [0, 0.05) is 19.7 Å². The van der Waals surface area contributed by atoms with Gasteiger partial charge in [0.2, 0.25) is 11.8 Å². The number of nitrogens with one attached hydrogen (secondary N) is 1. The molecule has 1 N–H and O–H groups in total. The highest BCUT2D eigenvalue weighted by molar-refractivity contribution is 5.89. The summed E-state index contributed by atoms with van der Waals surface area (Å²) in [4.78, 5) is 26.6. The lowest BCUT2D eigenvalue weighted by atomic mass is 10.0. The first-order valence-electron chi connectivity index (χ1n) is 7.86. The van der Waals surface area contributed by atoms with Crippen LogP contribution in [0.3, 0.4) is 0 Å². The molecule has 2 rings (SSSR count). The molecule has 2 fully saturated rings. The number of hydrogen-bond donors (Lipinski definition) is 1. The van der Waals surface area contributed by atoms with E-state index in [4.69, 9.17) is 9.47 Å². The van der Waals surface area contributed by atoms with Gasteiger partial charge in [-0.3, -0.25) is 9.59 Å². The lowest BCUT2D eigenvalue weighted by Gasteiger charge is -2.31. The zero-order valence-corrected chi connectivity index (χ0v) is 13.0. The standard InChI is InChI=1S/C15H26N2O4/c1-11(2)10-12(15(19)17-5-8-20-9-6-17)16-14(18)13-4-3-7-21-13/h11-13H,3-10H2,1-2H3,(H,16,18)/t12-,13?/m0/s1. The van der Waals surface area contributed by atoms with Crippen molar-refractivity contribution in [2.24, 2.45) is 5.92 Å². The monoisotopic (exact) mass is 298 g/mol. The van der Waals surface area contributed by atoms with Crippen LogP contribution in [-0.2, 0) is 19.1 Å². The Hall–Kier alpha value is -1.14. The zero-order chi connectivity index (χ0) is 15.2. The molecule has 2 aliphatic rings. The highest BCUT2D eigenvalue weighted by Crippen LogP contribution is 2.14. The summed E-state index contributed by atoms with van der Waals surface area (Å²) in [5.74, 6) is 0.183. The molecule has 0 aromatic rings.